The van der Waals surface area contributed by atoms with Crippen molar-refractivity contribution in [3.05, 3.63) is 29.3 Å². The molecule has 0 saturated carbocycles. The summed E-state index contributed by atoms with van der Waals surface area (Å²) in [5, 5.41) is 4.96. The molecule has 0 unspecified atom stereocenters. The molecule has 1 fully saturated rings. The number of hydrogen-bond donors (Lipinski definition) is 2. The molecule has 1 saturated heterocycles. The van der Waals surface area contributed by atoms with E-state index in [1.165, 1.54) is 6.07 Å². The maximum Gasteiger partial charge on any atom is 0.259 e. The van der Waals surface area contributed by atoms with Gasteiger partial charge in [0.2, 0.25) is 5.91 Å². The minimum atomic E-state index is -0.431. The van der Waals surface area contributed by atoms with Gasteiger partial charge in [-0.1, -0.05) is 0 Å². The Bertz CT molecular complexity index is 608. The number of rotatable bonds is 3. The van der Waals surface area contributed by atoms with Gasteiger partial charge in [-0.2, -0.15) is 0 Å². The van der Waals surface area contributed by atoms with Gasteiger partial charge in [0.05, 0.1) is 30.9 Å². The number of carbonyl (C=O) groups is 3. The summed E-state index contributed by atoms with van der Waals surface area (Å²) in [5.41, 5.74) is 1.15. The van der Waals surface area contributed by atoms with Crippen LogP contribution in [0, 0.1) is 0 Å². The molecule has 1 aromatic carbocycles. The molecule has 0 aromatic heterocycles. The molecule has 0 spiro atoms. The number of anilines is 1. The predicted molar refractivity (Wildman–Crippen MR) is 74.1 cm³/mol. The first-order valence-electron chi connectivity index (χ1n) is 6.73. The van der Waals surface area contributed by atoms with Crippen LogP contribution in [0.4, 0.5) is 5.69 Å². The first-order valence-corrected chi connectivity index (χ1v) is 6.73. The molecular formula is C14H15N3O4. The SMILES string of the molecule is O=C(CN1CCOCC1)Nc1ccc2c(c1)C(=O)NC2=O. The van der Waals surface area contributed by atoms with Crippen LogP contribution < -0.4 is 10.6 Å². The lowest BCUT2D eigenvalue weighted by Gasteiger charge is -2.25. The van der Waals surface area contributed by atoms with Crippen LogP contribution in [0.15, 0.2) is 18.2 Å². The van der Waals surface area contributed by atoms with Crippen molar-refractivity contribution >= 4 is 23.4 Å². The monoisotopic (exact) mass is 289 g/mol. The van der Waals surface area contributed by atoms with Crippen LogP contribution in [0.5, 0.6) is 0 Å². The van der Waals surface area contributed by atoms with E-state index in [0.717, 1.165) is 13.1 Å². The molecule has 2 aliphatic rings. The fourth-order valence-electron chi connectivity index (χ4n) is 2.41. The molecule has 110 valence electrons. The summed E-state index contributed by atoms with van der Waals surface area (Å²) in [6, 6.07) is 4.68. The summed E-state index contributed by atoms with van der Waals surface area (Å²) in [5.74, 6) is -0.984. The molecule has 0 bridgehead atoms. The predicted octanol–water partition coefficient (Wildman–Crippen LogP) is -0.159. The zero-order chi connectivity index (χ0) is 14.8. The fourth-order valence-corrected chi connectivity index (χ4v) is 2.41. The van der Waals surface area contributed by atoms with Crippen molar-refractivity contribution in [1.29, 1.82) is 0 Å². The van der Waals surface area contributed by atoms with Crippen molar-refractivity contribution in [1.82, 2.24) is 10.2 Å². The highest BCUT2D eigenvalue weighted by Gasteiger charge is 2.26. The van der Waals surface area contributed by atoms with Gasteiger partial charge in [0.15, 0.2) is 0 Å². The summed E-state index contributed by atoms with van der Waals surface area (Å²) in [6.07, 6.45) is 0. The third-order valence-electron chi connectivity index (χ3n) is 3.49. The zero-order valence-corrected chi connectivity index (χ0v) is 11.3. The number of nitrogens with one attached hydrogen (secondary N) is 2. The molecule has 2 heterocycles. The van der Waals surface area contributed by atoms with Gasteiger partial charge < -0.3 is 10.1 Å². The number of morpholine rings is 1. The molecule has 7 nitrogen and oxygen atoms in total. The topological polar surface area (TPSA) is 87.7 Å². The second kappa shape index (κ2) is 5.63. The van der Waals surface area contributed by atoms with Crippen LogP contribution in [-0.4, -0.2) is 55.5 Å². The maximum atomic E-state index is 12.0. The average Bonchev–Trinajstić information content (AvgIpc) is 2.74. The number of fused-ring (bicyclic) bond motifs is 1. The molecule has 7 heteroatoms. The van der Waals surface area contributed by atoms with E-state index in [-0.39, 0.29) is 12.5 Å². The lowest BCUT2D eigenvalue weighted by molar-refractivity contribution is -0.118. The summed E-state index contributed by atoms with van der Waals surface area (Å²) in [7, 11) is 0. The van der Waals surface area contributed by atoms with E-state index < -0.39 is 11.8 Å². The number of amides is 3. The van der Waals surface area contributed by atoms with Crippen molar-refractivity contribution in [3.63, 3.8) is 0 Å². The zero-order valence-electron chi connectivity index (χ0n) is 11.3. The van der Waals surface area contributed by atoms with Crippen LogP contribution in [0.1, 0.15) is 20.7 Å². The van der Waals surface area contributed by atoms with Gasteiger partial charge in [-0.05, 0) is 18.2 Å². The lowest BCUT2D eigenvalue weighted by atomic mass is 10.1. The van der Waals surface area contributed by atoms with E-state index in [0.29, 0.717) is 30.0 Å². The fraction of sp³-hybridized carbons (Fsp3) is 0.357. The summed E-state index contributed by atoms with van der Waals surface area (Å²) in [6.45, 7) is 3.01. The molecule has 21 heavy (non-hydrogen) atoms. The molecule has 2 aliphatic heterocycles. The quantitative estimate of drug-likeness (QED) is 0.755. The molecule has 2 N–H and O–H groups in total. The Morgan fingerprint density at radius 1 is 1.19 bits per heavy atom. The van der Waals surface area contributed by atoms with E-state index in [4.69, 9.17) is 4.74 Å². The molecule has 3 amide bonds. The van der Waals surface area contributed by atoms with Crippen LogP contribution in [0.2, 0.25) is 0 Å². The second-order valence-corrected chi connectivity index (χ2v) is 4.98. The standard InChI is InChI=1S/C14H15N3O4/c18-12(8-17-3-5-21-6-4-17)15-9-1-2-10-11(7-9)14(20)16-13(10)19/h1-2,7H,3-6,8H2,(H,15,18)(H,16,19,20). The van der Waals surface area contributed by atoms with Crippen LogP contribution in [0.25, 0.3) is 0 Å². The highest BCUT2D eigenvalue weighted by atomic mass is 16.5. The normalized spacial score (nSPS) is 18.3. The molecule has 0 aliphatic carbocycles. The van der Waals surface area contributed by atoms with E-state index >= 15 is 0 Å². The van der Waals surface area contributed by atoms with Crippen molar-refractivity contribution in [2.45, 2.75) is 0 Å². The van der Waals surface area contributed by atoms with Gasteiger partial charge in [0, 0.05) is 18.8 Å². The summed E-state index contributed by atoms with van der Waals surface area (Å²) < 4.78 is 5.22. The number of imide groups is 1. The maximum absolute atomic E-state index is 12.0. The lowest BCUT2D eigenvalue weighted by Crippen LogP contribution is -2.41. The van der Waals surface area contributed by atoms with Crippen LogP contribution >= 0.6 is 0 Å². The number of benzene rings is 1. The highest BCUT2D eigenvalue weighted by Crippen LogP contribution is 2.20. The van der Waals surface area contributed by atoms with Gasteiger partial charge in [0.1, 0.15) is 0 Å². The molecule has 0 radical (unpaired) electrons. The Kier molecular flexibility index (Phi) is 3.68. The summed E-state index contributed by atoms with van der Waals surface area (Å²) >= 11 is 0. The molecule has 1 aromatic rings. The Balaban J connectivity index is 1.65. The van der Waals surface area contributed by atoms with Gasteiger partial charge in [0.25, 0.3) is 11.8 Å². The number of nitrogens with zero attached hydrogens (tertiary/aromatic N) is 1. The second-order valence-electron chi connectivity index (χ2n) is 4.98. The van der Waals surface area contributed by atoms with Gasteiger partial charge >= 0.3 is 0 Å². The third kappa shape index (κ3) is 2.93. The van der Waals surface area contributed by atoms with Crippen molar-refractivity contribution in [2.75, 3.05) is 38.2 Å². The molecule has 0 atom stereocenters. The van der Waals surface area contributed by atoms with Crippen molar-refractivity contribution in [3.8, 4) is 0 Å². The minimum Gasteiger partial charge on any atom is -0.379 e. The first-order chi connectivity index (χ1) is 10.1. The van der Waals surface area contributed by atoms with Crippen molar-refractivity contribution in [2.24, 2.45) is 0 Å². The Morgan fingerprint density at radius 3 is 2.67 bits per heavy atom. The van der Waals surface area contributed by atoms with Gasteiger partial charge in [-0.25, -0.2) is 0 Å². The smallest absolute Gasteiger partial charge is 0.259 e. The molecule has 3 rings (SSSR count). The Hall–Kier alpha value is -2.25. The van der Waals surface area contributed by atoms with Crippen LogP contribution in [-0.2, 0) is 9.53 Å². The van der Waals surface area contributed by atoms with Crippen LogP contribution in [0.3, 0.4) is 0 Å². The average molecular weight is 289 g/mol. The van der Waals surface area contributed by atoms with E-state index in [1.807, 2.05) is 4.90 Å². The van der Waals surface area contributed by atoms with Crippen molar-refractivity contribution < 1.29 is 19.1 Å². The Morgan fingerprint density at radius 2 is 1.90 bits per heavy atom. The number of ether oxygens (including phenoxy) is 1. The first kappa shape index (κ1) is 13.7. The Labute approximate surface area is 121 Å². The van der Waals surface area contributed by atoms with Gasteiger partial charge in [-0.3, -0.25) is 24.6 Å². The van der Waals surface area contributed by atoms with E-state index in [1.54, 1.807) is 12.1 Å². The van der Waals surface area contributed by atoms with Gasteiger partial charge in [-0.15, -0.1) is 0 Å². The van der Waals surface area contributed by atoms with E-state index in [9.17, 15) is 14.4 Å². The number of hydrogen-bond acceptors (Lipinski definition) is 5. The summed E-state index contributed by atoms with van der Waals surface area (Å²) in [4.78, 5) is 37.0. The highest BCUT2D eigenvalue weighted by molar-refractivity contribution is 6.22. The van der Waals surface area contributed by atoms with E-state index in [2.05, 4.69) is 10.6 Å². The largest absolute Gasteiger partial charge is 0.379 e. The minimum absolute atomic E-state index is 0.151. The number of carbonyl (C=O) groups excluding carboxylic acids is 3. The third-order valence-corrected chi connectivity index (χ3v) is 3.49. The molecular weight excluding hydrogens is 274 g/mol.